The van der Waals surface area contributed by atoms with Crippen molar-refractivity contribution in [1.29, 1.82) is 0 Å². The number of hydrogen-bond acceptors (Lipinski definition) is 5. The number of rotatable bonds is 3. The predicted octanol–water partition coefficient (Wildman–Crippen LogP) is 3.86. The van der Waals surface area contributed by atoms with E-state index in [2.05, 4.69) is 16.5 Å². The minimum absolute atomic E-state index is 0.0694. The van der Waals surface area contributed by atoms with Crippen molar-refractivity contribution >= 4 is 34.2 Å². The summed E-state index contributed by atoms with van der Waals surface area (Å²) >= 11 is 6.10. The summed E-state index contributed by atoms with van der Waals surface area (Å²) in [5.74, 6) is 0.494. The van der Waals surface area contributed by atoms with E-state index in [0.29, 0.717) is 54.5 Å². The molecule has 2 aliphatic heterocycles. The first-order valence-electron chi connectivity index (χ1n) is 11.1. The van der Waals surface area contributed by atoms with E-state index in [1.807, 2.05) is 26.0 Å². The molecule has 1 amide bonds. The SMILES string of the molecule is C=CC(=O)N1C[C@H](C)N(c2nc(=O)n3c4c(c(-c5cc(F)cc(Cl)c5)ccc24)OCC3)C[C@H]1C. The summed E-state index contributed by atoms with van der Waals surface area (Å²) < 4.78 is 21.7. The van der Waals surface area contributed by atoms with Crippen molar-refractivity contribution in [2.24, 2.45) is 0 Å². The molecule has 0 aliphatic carbocycles. The molecule has 3 aromatic rings. The van der Waals surface area contributed by atoms with Crippen LogP contribution < -0.4 is 15.3 Å². The molecule has 2 aliphatic rings. The Kier molecular flexibility index (Phi) is 5.56. The molecule has 0 unspecified atom stereocenters. The van der Waals surface area contributed by atoms with Crippen LogP contribution in [0.5, 0.6) is 5.75 Å². The lowest BCUT2D eigenvalue weighted by atomic mass is 10.0. The van der Waals surface area contributed by atoms with Gasteiger partial charge in [0.15, 0.2) is 5.75 Å². The average molecular weight is 483 g/mol. The van der Waals surface area contributed by atoms with E-state index in [9.17, 15) is 14.0 Å². The van der Waals surface area contributed by atoms with Gasteiger partial charge in [0.25, 0.3) is 0 Å². The Morgan fingerprint density at radius 2 is 2.03 bits per heavy atom. The molecule has 0 radical (unpaired) electrons. The molecule has 0 bridgehead atoms. The Morgan fingerprint density at radius 3 is 2.76 bits per heavy atom. The third-order valence-corrected chi connectivity index (χ3v) is 6.74. The predicted molar refractivity (Wildman–Crippen MR) is 130 cm³/mol. The Hall–Kier alpha value is -3.39. The number of nitrogens with zero attached hydrogens (tertiary/aromatic N) is 4. The van der Waals surface area contributed by atoms with Crippen molar-refractivity contribution in [3.8, 4) is 16.9 Å². The van der Waals surface area contributed by atoms with Gasteiger partial charge in [0.05, 0.1) is 12.1 Å². The Labute approximate surface area is 201 Å². The van der Waals surface area contributed by atoms with Crippen LogP contribution in [0.15, 0.2) is 47.8 Å². The van der Waals surface area contributed by atoms with E-state index >= 15 is 0 Å². The topological polar surface area (TPSA) is 67.7 Å². The lowest BCUT2D eigenvalue weighted by Crippen LogP contribution is -2.58. The van der Waals surface area contributed by atoms with Crippen LogP contribution in [0.25, 0.3) is 22.0 Å². The third-order valence-electron chi connectivity index (χ3n) is 6.53. The third kappa shape index (κ3) is 3.62. The number of anilines is 1. The Bertz CT molecular complexity index is 1370. The normalized spacial score (nSPS) is 19.8. The van der Waals surface area contributed by atoms with Gasteiger partial charge in [-0.15, -0.1) is 0 Å². The lowest BCUT2D eigenvalue weighted by molar-refractivity contribution is -0.128. The Balaban J connectivity index is 1.68. The van der Waals surface area contributed by atoms with Crippen molar-refractivity contribution in [3.05, 3.63) is 64.3 Å². The summed E-state index contributed by atoms with van der Waals surface area (Å²) in [6, 6.07) is 7.89. The maximum Gasteiger partial charge on any atom is 0.350 e. The monoisotopic (exact) mass is 482 g/mol. The molecule has 1 aromatic heterocycles. The van der Waals surface area contributed by atoms with E-state index in [0.717, 1.165) is 5.39 Å². The van der Waals surface area contributed by atoms with Gasteiger partial charge in [-0.1, -0.05) is 18.2 Å². The quantitative estimate of drug-likeness (QED) is 0.530. The van der Waals surface area contributed by atoms with Crippen LogP contribution in [-0.2, 0) is 11.3 Å². The second-order valence-electron chi connectivity index (χ2n) is 8.76. The summed E-state index contributed by atoms with van der Waals surface area (Å²) in [6.45, 7) is 9.24. The molecule has 2 aromatic carbocycles. The number of aromatic nitrogens is 2. The van der Waals surface area contributed by atoms with Gasteiger partial charge in [-0.3, -0.25) is 9.36 Å². The van der Waals surface area contributed by atoms with Gasteiger partial charge < -0.3 is 14.5 Å². The zero-order chi connectivity index (χ0) is 24.1. The molecule has 0 spiro atoms. The summed E-state index contributed by atoms with van der Waals surface area (Å²) in [4.78, 5) is 33.6. The highest BCUT2D eigenvalue weighted by atomic mass is 35.5. The number of benzene rings is 2. The van der Waals surface area contributed by atoms with Gasteiger partial charge in [-0.25, -0.2) is 9.18 Å². The molecular weight excluding hydrogens is 459 g/mol. The smallest absolute Gasteiger partial charge is 0.350 e. The van der Waals surface area contributed by atoms with Crippen molar-refractivity contribution in [2.45, 2.75) is 32.5 Å². The zero-order valence-electron chi connectivity index (χ0n) is 18.9. The fourth-order valence-corrected chi connectivity index (χ4v) is 5.14. The van der Waals surface area contributed by atoms with Crippen molar-refractivity contribution in [3.63, 3.8) is 0 Å². The van der Waals surface area contributed by atoms with Crippen molar-refractivity contribution in [1.82, 2.24) is 14.5 Å². The van der Waals surface area contributed by atoms with Crippen LogP contribution in [0.2, 0.25) is 5.02 Å². The van der Waals surface area contributed by atoms with Gasteiger partial charge in [0.1, 0.15) is 18.2 Å². The number of hydrogen-bond donors (Lipinski definition) is 0. The van der Waals surface area contributed by atoms with E-state index in [1.165, 1.54) is 18.2 Å². The van der Waals surface area contributed by atoms with Crippen LogP contribution in [0.4, 0.5) is 10.2 Å². The van der Waals surface area contributed by atoms with Gasteiger partial charge in [-0.05, 0) is 55.8 Å². The number of carbonyl (C=O) groups excluding carboxylic acids is 1. The number of halogens is 2. The highest BCUT2D eigenvalue weighted by Gasteiger charge is 2.34. The molecule has 0 saturated carbocycles. The van der Waals surface area contributed by atoms with Crippen LogP contribution in [-0.4, -0.2) is 52.1 Å². The first-order valence-corrected chi connectivity index (χ1v) is 11.5. The molecule has 0 N–H and O–H groups in total. The Morgan fingerprint density at radius 1 is 1.24 bits per heavy atom. The molecule has 5 rings (SSSR count). The molecule has 1 fully saturated rings. The maximum absolute atomic E-state index is 14.1. The fourth-order valence-electron chi connectivity index (χ4n) is 4.92. The number of piperazine rings is 1. The van der Waals surface area contributed by atoms with Gasteiger partial charge in [0, 0.05) is 41.1 Å². The summed E-state index contributed by atoms with van der Waals surface area (Å²) in [6.07, 6.45) is 1.32. The van der Waals surface area contributed by atoms with Gasteiger partial charge in [0.2, 0.25) is 5.91 Å². The first-order chi connectivity index (χ1) is 16.3. The number of ether oxygens (including phenoxy) is 1. The van der Waals surface area contributed by atoms with Crippen LogP contribution in [0, 0.1) is 5.82 Å². The summed E-state index contributed by atoms with van der Waals surface area (Å²) in [5.41, 5.74) is 1.48. The first kappa shape index (κ1) is 22.4. The highest BCUT2D eigenvalue weighted by molar-refractivity contribution is 6.30. The molecule has 3 heterocycles. The molecule has 176 valence electrons. The second kappa shape index (κ2) is 8.43. The highest BCUT2D eigenvalue weighted by Crippen LogP contribution is 2.41. The van der Waals surface area contributed by atoms with Gasteiger partial charge >= 0.3 is 5.69 Å². The molecular formula is C25H24ClFN4O3. The minimum Gasteiger partial charge on any atom is -0.489 e. The summed E-state index contributed by atoms with van der Waals surface area (Å²) in [7, 11) is 0. The van der Waals surface area contributed by atoms with Gasteiger partial charge in [-0.2, -0.15) is 4.98 Å². The number of carbonyl (C=O) groups is 1. The molecule has 34 heavy (non-hydrogen) atoms. The fraction of sp³-hybridized carbons (Fsp3) is 0.320. The van der Waals surface area contributed by atoms with Crippen LogP contribution in [0.3, 0.4) is 0 Å². The maximum atomic E-state index is 14.1. The standard InChI is InChI=1S/C25H24ClFN4O3/c1-4-21(32)30-12-15(3)31(13-14(30)2)24-20-6-5-19(16-9-17(26)11-18(27)10-16)23-22(20)29(7-8-34-23)25(33)28-24/h4-6,9-11,14-15H,1,7-8,12-13H2,2-3H3/t14-,15+/m1/s1. The summed E-state index contributed by atoms with van der Waals surface area (Å²) in [5, 5.41) is 1.05. The molecule has 7 nitrogen and oxygen atoms in total. The van der Waals surface area contributed by atoms with E-state index < -0.39 is 5.82 Å². The second-order valence-corrected chi connectivity index (χ2v) is 9.20. The lowest BCUT2D eigenvalue weighted by Gasteiger charge is -2.44. The zero-order valence-corrected chi connectivity index (χ0v) is 19.7. The molecule has 2 atom stereocenters. The van der Waals surface area contributed by atoms with Crippen molar-refractivity contribution in [2.75, 3.05) is 24.6 Å². The van der Waals surface area contributed by atoms with E-state index in [4.69, 9.17) is 16.3 Å². The van der Waals surface area contributed by atoms with Crippen LogP contribution in [0.1, 0.15) is 13.8 Å². The molecule has 9 heteroatoms. The largest absolute Gasteiger partial charge is 0.489 e. The van der Waals surface area contributed by atoms with Crippen molar-refractivity contribution < 1.29 is 13.9 Å². The van der Waals surface area contributed by atoms with E-state index in [-0.39, 0.29) is 28.7 Å². The minimum atomic E-state index is -0.451. The van der Waals surface area contributed by atoms with E-state index in [1.54, 1.807) is 15.5 Å². The average Bonchev–Trinajstić information content (AvgIpc) is 2.81. The molecule has 1 saturated heterocycles. The van der Waals surface area contributed by atoms with Crippen LogP contribution >= 0.6 is 11.6 Å². The number of amides is 1.